The Kier molecular flexibility index (Phi) is 16.8. The van der Waals surface area contributed by atoms with Crippen LogP contribution in [0.5, 0.6) is 23.0 Å². The van der Waals surface area contributed by atoms with E-state index in [1.807, 2.05) is 110 Å². The molecule has 2 fully saturated rings. The fraction of sp³-hybridized carbons (Fsp3) is 0.276. The Morgan fingerprint density at radius 2 is 0.921 bits per heavy atom. The molecule has 18 heteroatoms. The average molecular weight is 1050 g/mol. The molecule has 2 aliphatic heterocycles. The van der Waals surface area contributed by atoms with Crippen molar-refractivity contribution in [3.05, 3.63) is 191 Å². The number of halogens is 6. The topological polar surface area (TPSA) is 111 Å². The van der Waals surface area contributed by atoms with Crippen LogP contribution in [0, 0.1) is 0 Å². The maximum absolute atomic E-state index is 13.0. The van der Waals surface area contributed by atoms with E-state index in [9.17, 15) is 35.9 Å². The van der Waals surface area contributed by atoms with Crippen LogP contribution in [-0.2, 0) is 26.3 Å². The Labute approximate surface area is 435 Å². The normalized spacial score (nSPS) is 14.4. The van der Waals surface area contributed by atoms with Gasteiger partial charge in [-0.2, -0.15) is 0 Å². The van der Waals surface area contributed by atoms with Gasteiger partial charge in [-0.15, -0.1) is 26.3 Å². The van der Waals surface area contributed by atoms with Crippen LogP contribution in [0.2, 0.25) is 0 Å². The first-order valence-corrected chi connectivity index (χ1v) is 25.1. The third kappa shape index (κ3) is 14.5. The van der Waals surface area contributed by atoms with Gasteiger partial charge in [0.1, 0.15) is 36.2 Å². The van der Waals surface area contributed by atoms with Crippen LogP contribution in [0.1, 0.15) is 81.8 Å². The lowest BCUT2D eigenvalue weighted by molar-refractivity contribution is -0.275. The number of nitrogens with one attached hydrogen (secondary N) is 2. The zero-order valence-corrected chi connectivity index (χ0v) is 41.4. The number of benzene rings is 6. The first-order chi connectivity index (χ1) is 36.7. The van der Waals surface area contributed by atoms with E-state index in [0.717, 1.165) is 91.5 Å². The van der Waals surface area contributed by atoms with Gasteiger partial charge in [0.15, 0.2) is 0 Å². The predicted molar refractivity (Wildman–Crippen MR) is 276 cm³/mol. The first kappa shape index (κ1) is 52.9. The summed E-state index contributed by atoms with van der Waals surface area (Å²) in [4.78, 5) is 25.8. The number of aromatic nitrogens is 2. The summed E-state index contributed by atoms with van der Waals surface area (Å²) < 4.78 is 102. The monoisotopic (exact) mass is 1050 g/mol. The smallest absolute Gasteiger partial charge is 0.487 e. The van der Waals surface area contributed by atoms with Crippen LogP contribution in [0.4, 0.5) is 26.3 Å². The highest BCUT2D eigenvalue weighted by atomic mass is 19.4. The lowest BCUT2D eigenvalue weighted by Crippen LogP contribution is -2.45. The van der Waals surface area contributed by atoms with E-state index in [1.54, 1.807) is 36.4 Å². The van der Waals surface area contributed by atoms with Crippen LogP contribution in [0.3, 0.4) is 0 Å². The van der Waals surface area contributed by atoms with E-state index in [-0.39, 0.29) is 43.1 Å². The maximum Gasteiger partial charge on any atom is 0.573 e. The summed E-state index contributed by atoms with van der Waals surface area (Å²) in [5, 5.41) is 5.52. The zero-order chi connectivity index (χ0) is 53.1. The van der Waals surface area contributed by atoms with Gasteiger partial charge in [-0.25, -0.2) is 10.0 Å². The molecule has 2 amide bonds. The first-order valence-electron chi connectivity index (χ1n) is 25.1. The predicted octanol–water partition coefficient (Wildman–Crippen LogP) is 12.6. The lowest BCUT2D eigenvalue weighted by Gasteiger charge is -2.26. The Morgan fingerprint density at radius 3 is 1.42 bits per heavy atom. The number of hydrogen-bond acceptors (Lipinski definition) is 8. The molecule has 6 aromatic carbocycles. The summed E-state index contributed by atoms with van der Waals surface area (Å²) in [6.45, 7) is 4.18. The molecular weight excluding hydrogens is 991 g/mol. The third-order valence-corrected chi connectivity index (χ3v) is 13.0. The van der Waals surface area contributed by atoms with E-state index in [4.69, 9.17) is 9.47 Å². The molecule has 8 aromatic rings. The molecule has 396 valence electrons. The summed E-state index contributed by atoms with van der Waals surface area (Å²) in [5.74, 6) is 0.492. The molecule has 76 heavy (non-hydrogen) atoms. The zero-order valence-electron chi connectivity index (χ0n) is 41.4. The van der Waals surface area contributed by atoms with Gasteiger partial charge in [-0.1, -0.05) is 79.6 Å². The van der Waals surface area contributed by atoms with E-state index >= 15 is 0 Å². The van der Waals surface area contributed by atoms with Crippen LogP contribution in [-0.4, -0.2) is 69.9 Å². The molecule has 0 aliphatic carbocycles. The molecule has 0 unspecified atom stereocenters. The summed E-state index contributed by atoms with van der Waals surface area (Å²) in [6.07, 6.45) is -3.02. The molecule has 0 saturated carbocycles. The molecule has 4 heterocycles. The Morgan fingerprint density at radius 1 is 0.461 bits per heavy atom. The van der Waals surface area contributed by atoms with Gasteiger partial charge in [-0.05, 0) is 122 Å². The number of amides is 2. The summed E-state index contributed by atoms with van der Waals surface area (Å²) in [7, 11) is 0. The number of piperidine rings is 2. The Hall–Kier alpha value is -7.96. The maximum atomic E-state index is 13.0. The molecule has 2 aromatic heterocycles. The SMILES string of the molecule is O=C(NN1CCCCC1)c1ccc2c(c1)cc(COc1ccccc1)n2Cc1cccc(OC(F)(F)F)c1.O=C(NN1CCCCC1)c1ccc2c(c1)cc(COc1ccccc1)n2Cc1ccccc1OC(F)(F)F. The fourth-order valence-corrected chi connectivity index (χ4v) is 9.38. The Balaban J connectivity index is 0.000000186. The summed E-state index contributed by atoms with van der Waals surface area (Å²) >= 11 is 0. The van der Waals surface area contributed by atoms with Crippen LogP contribution < -0.4 is 29.8 Å². The second-order valence-corrected chi connectivity index (χ2v) is 18.5. The molecule has 2 saturated heterocycles. The number of carbonyl (C=O) groups is 2. The average Bonchev–Trinajstić information content (AvgIpc) is 3.98. The molecule has 12 nitrogen and oxygen atoms in total. The van der Waals surface area contributed by atoms with Crippen molar-refractivity contribution in [3.8, 4) is 23.0 Å². The van der Waals surface area contributed by atoms with Crippen LogP contribution >= 0.6 is 0 Å². The van der Waals surface area contributed by atoms with Gasteiger partial charge in [0.2, 0.25) is 0 Å². The lowest BCUT2D eigenvalue weighted by atomic mass is 10.1. The summed E-state index contributed by atoms with van der Waals surface area (Å²) in [5.41, 5.74) is 11.2. The van der Waals surface area contributed by atoms with Crippen molar-refractivity contribution >= 4 is 33.6 Å². The van der Waals surface area contributed by atoms with Crippen molar-refractivity contribution < 1.29 is 54.9 Å². The third-order valence-electron chi connectivity index (χ3n) is 13.0. The van der Waals surface area contributed by atoms with Crippen molar-refractivity contribution in [2.75, 3.05) is 26.2 Å². The van der Waals surface area contributed by atoms with E-state index < -0.39 is 12.7 Å². The van der Waals surface area contributed by atoms with Crippen molar-refractivity contribution in [1.29, 1.82) is 0 Å². The number of rotatable bonds is 16. The van der Waals surface area contributed by atoms with Crippen LogP contribution in [0.25, 0.3) is 21.8 Å². The second-order valence-electron chi connectivity index (χ2n) is 18.5. The number of ether oxygens (including phenoxy) is 4. The van der Waals surface area contributed by atoms with Crippen molar-refractivity contribution in [2.45, 2.75) is 77.6 Å². The van der Waals surface area contributed by atoms with E-state index in [2.05, 4.69) is 20.3 Å². The molecule has 2 N–H and O–H groups in total. The molecule has 0 spiro atoms. The van der Waals surface area contributed by atoms with E-state index in [1.165, 1.54) is 36.8 Å². The standard InChI is InChI=1S/2C29H28F3N3O3/c30-29(31,32)38-27-12-6-5-9-22(27)19-35-24(20-37-25-10-3-1-4-11-25)18-23-17-21(13-14-26(23)35)28(36)33-34-15-7-2-8-16-34;30-29(31,32)38-26-11-7-8-21(16-26)19-35-24(20-37-25-9-3-1-4-10-25)18-23-17-22(12-13-27(23)35)28(36)33-34-14-5-2-6-15-34/h1,3-6,9-14,17-18H,2,7-8,15-16,19-20H2,(H,33,36);1,3-4,7-13,16-18H,2,5-6,14-15,19-20H2,(H,33,36). The highest BCUT2D eigenvalue weighted by molar-refractivity contribution is 5.99. The summed E-state index contributed by atoms with van der Waals surface area (Å²) in [6, 6.07) is 45.3. The number of hydrogen-bond donors (Lipinski definition) is 2. The van der Waals surface area contributed by atoms with Gasteiger partial charge >= 0.3 is 12.7 Å². The molecule has 0 atom stereocenters. The van der Waals surface area contributed by atoms with Crippen LogP contribution in [0.15, 0.2) is 158 Å². The fourth-order valence-electron chi connectivity index (χ4n) is 9.38. The molecule has 0 bridgehead atoms. The highest BCUT2D eigenvalue weighted by Gasteiger charge is 2.33. The number of alkyl halides is 6. The van der Waals surface area contributed by atoms with Gasteiger partial charge in [0, 0.05) is 71.2 Å². The van der Waals surface area contributed by atoms with E-state index in [0.29, 0.717) is 40.3 Å². The quantitative estimate of drug-likeness (QED) is 0.0921. The minimum atomic E-state index is -4.80. The van der Waals surface area contributed by atoms with Gasteiger partial charge in [0.25, 0.3) is 11.8 Å². The molecule has 10 rings (SSSR count). The highest BCUT2D eigenvalue weighted by Crippen LogP contribution is 2.32. The Bertz CT molecular complexity index is 3220. The minimum absolute atomic E-state index is 0.128. The van der Waals surface area contributed by atoms with Gasteiger partial charge in [0.05, 0.1) is 17.9 Å². The number of para-hydroxylation sites is 3. The number of nitrogens with zero attached hydrogens (tertiary/aromatic N) is 4. The number of hydrazine groups is 2. The molecule has 0 radical (unpaired) electrons. The number of carbonyl (C=O) groups excluding carboxylic acids is 2. The van der Waals surface area contributed by atoms with Gasteiger partial charge < -0.3 is 28.1 Å². The minimum Gasteiger partial charge on any atom is -0.487 e. The van der Waals surface area contributed by atoms with Crippen molar-refractivity contribution in [3.63, 3.8) is 0 Å². The van der Waals surface area contributed by atoms with Crippen molar-refractivity contribution in [1.82, 2.24) is 30.0 Å². The number of fused-ring (bicyclic) bond motifs is 2. The molecular formula is C58H56F6N6O6. The molecule has 2 aliphatic rings. The largest absolute Gasteiger partial charge is 0.573 e. The van der Waals surface area contributed by atoms with Gasteiger partial charge in [-0.3, -0.25) is 20.4 Å². The second kappa shape index (κ2) is 24.1. The van der Waals surface area contributed by atoms with Crippen molar-refractivity contribution in [2.24, 2.45) is 0 Å².